The number of benzene rings is 2. The molecule has 1 aliphatic heterocycles. The second-order valence-corrected chi connectivity index (χ2v) is 7.96. The molecule has 5 nitrogen and oxygen atoms in total. The van der Waals surface area contributed by atoms with Crippen molar-refractivity contribution in [2.45, 2.75) is 0 Å². The van der Waals surface area contributed by atoms with Gasteiger partial charge in [0.2, 0.25) is 0 Å². The number of aromatic nitrogens is 1. The second kappa shape index (κ2) is 7.94. The van der Waals surface area contributed by atoms with Crippen LogP contribution in [0.3, 0.4) is 0 Å². The number of anilines is 1. The summed E-state index contributed by atoms with van der Waals surface area (Å²) < 4.78 is 2.81. The minimum absolute atomic E-state index is 0.0107. The highest BCUT2D eigenvalue weighted by atomic mass is 79.9. The molecule has 0 unspecified atom stereocenters. The summed E-state index contributed by atoms with van der Waals surface area (Å²) in [6, 6.07) is 18.1. The largest absolute Gasteiger partial charge is 0.317 e. The lowest BCUT2D eigenvalue weighted by Gasteiger charge is -2.29. The number of carbonyl (C=O) groups excluding carboxylic acids is 2. The maximum atomic E-state index is 13.1. The highest BCUT2D eigenvalue weighted by Crippen LogP contribution is 2.25. The SMILES string of the molecule is O=C1NC(=S)N(c2ccc(Cl)cc2)C(=O)/C1=C/c1cccn1-c1cccc(Br)c1. The van der Waals surface area contributed by atoms with Crippen LogP contribution < -0.4 is 10.2 Å². The van der Waals surface area contributed by atoms with E-state index in [1.807, 2.05) is 47.2 Å². The van der Waals surface area contributed by atoms with Crippen LogP contribution in [0.5, 0.6) is 0 Å². The Morgan fingerprint density at radius 3 is 2.48 bits per heavy atom. The molecule has 0 saturated carbocycles. The van der Waals surface area contributed by atoms with E-state index in [-0.39, 0.29) is 10.7 Å². The van der Waals surface area contributed by atoms with Crippen molar-refractivity contribution in [3.05, 3.63) is 87.6 Å². The van der Waals surface area contributed by atoms with Gasteiger partial charge in [-0.2, -0.15) is 0 Å². The molecule has 4 rings (SSSR count). The minimum atomic E-state index is -0.535. The van der Waals surface area contributed by atoms with Gasteiger partial charge >= 0.3 is 0 Å². The Labute approximate surface area is 185 Å². The van der Waals surface area contributed by atoms with E-state index in [1.165, 1.54) is 4.90 Å². The summed E-state index contributed by atoms with van der Waals surface area (Å²) in [5, 5.41) is 3.15. The van der Waals surface area contributed by atoms with E-state index in [1.54, 1.807) is 30.3 Å². The maximum Gasteiger partial charge on any atom is 0.270 e. The van der Waals surface area contributed by atoms with Crippen LogP contribution in [0.25, 0.3) is 11.8 Å². The molecule has 8 heteroatoms. The molecule has 1 fully saturated rings. The maximum absolute atomic E-state index is 13.1. The number of thiocarbonyl (C=S) groups is 1. The third kappa shape index (κ3) is 3.89. The summed E-state index contributed by atoms with van der Waals surface area (Å²) in [6.07, 6.45) is 3.42. The van der Waals surface area contributed by atoms with Crippen LogP contribution in [0.4, 0.5) is 5.69 Å². The van der Waals surface area contributed by atoms with E-state index >= 15 is 0 Å². The fourth-order valence-electron chi connectivity index (χ4n) is 3.00. The summed E-state index contributed by atoms with van der Waals surface area (Å²) in [5.41, 5.74) is 2.09. The van der Waals surface area contributed by atoms with Crippen LogP contribution in [0.2, 0.25) is 5.02 Å². The zero-order valence-corrected chi connectivity index (χ0v) is 18.0. The quantitative estimate of drug-likeness (QED) is 0.331. The normalized spacial score (nSPS) is 15.7. The molecule has 0 radical (unpaired) electrons. The Bertz CT molecular complexity index is 1170. The molecule has 0 aliphatic carbocycles. The lowest BCUT2D eigenvalue weighted by molar-refractivity contribution is -0.122. The first-order valence-electron chi connectivity index (χ1n) is 8.54. The molecule has 1 N–H and O–H groups in total. The Balaban J connectivity index is 1.75. The van der Waals surface area contributed by atoms with Crippen molar-refractivity contribution in [3.8, 4) is 5.69 Å². The average molecular weight is 487 g/mol. The van der Waals surface area contributed by atoms with Gasteiger partial charge in [-0.1, -0.05) is 33.6 Å². The van der Waals surface area contributed by atoms with E-state index in [9.17, 15) is 9.59 Å². The van der Waals surface area contributed by atoms with Crippen LogP contribution >= 0.6 is 39.7 Å². The fraction of sp³-hybridized carbons (Fsp3) is 0. The number of nitrogens with one attached hydrogen (secondary N) is 1. The molecule has 1 aliphatic rings. The first kappa shape index (κ1) is 19.6. The summed E-state index contributed by atoms with van der Waals surface area (Å²) in [4.78, 5) is 26.9. The van der Waals surface area contributed by atoms with Gasteiger partial charge in [0, 0.05) is 27.1 Å². The van der Waals surface area contributed by atoms with Gasteiger partial charge in [0.25, 0.3) is 11.8 Å². The molecule has 1 aromatic heterocycles. The number of amides is 2. The molecule has 0 spiro atoms. The van der Waals surface area contributed by atoms with Gasteiger partial charge in [-0.25, -0.2) is 0 Å². The van der Waals surface area contributed by atoms with Crippen molar-refractivity contribution in [1.29, 1.82) is 0 Å². The zero-order valence-electron chi connectivity index (χ0n) is 14.8. The summed E-state index contributed by atoms with van der Waals surface area (Å²) in [5.74, 6) is -1.03. The summed E-state index contributed by atoms with van der Waals surface area (Å²) in [7, 11) is 0. The van der Waals surface area contributed by atoms with Crippen LogP contribution in [0, 0.1) is 0 Å². The molecule has 2 aromatic carbocycles. The van der Waals surface area contributed by atoms with E-state index < -0.39 is 11.8 Å². The van der Waals surface area contributed by atoms with Gasteiger partial charge in [0.05, 0.1) is 5.69 Å². The second-order valence-electron chi connectivity index (χ2n) is 6.22. The molecule has 3 aromatic rings. The standard InChI is InChI=1S/C21H13BrClN3O2S/c22-13-3-1-4-16(11-13)25-10-2-5-17(25)12-18-19(27)24-21(29)26(20(18)28)15-8-6-14(23)7-9-15/h1-12H,(H,24,27,29)/b18-12+. The highest BCUT2D eigenvalue weighted by Gasteiger charge is 2.34. The van der Waals surface area contributed by atoms with E-state index in [4.69, 9.17) is 23.8 Å². The molecular formula is C21H13BrClN3O2S. The first-order chi connectivity index (χ1) is 13.9. The van der Waals surface area contributed by atoms with Crippen molar-refractivity contribution < 1.29 is 9.59 Å². The van der Waals surface area contributed by atoms with Crippen molar-refractivity contribution >= 4 is 68.4 Å². The molecular weight excluding hydrogens is 474 g/mol. The van der Waals surface area contributed by atoms with Crippen LogP contribution in [-0.4, -0.2) is 21.5 Å². The number of nitrogens with zero attached hydrogens (tertiary/aromatic N) is 2. The van der Waals surface area contributed by atoms with Gasteiger partial charge in [0.15, 0.2) is 5.11 Å². The molecule has 144 valence electrons. The summed E-state index contributed by atoms with van der Waals surface area (Å²) >= 11 is 14.6. The van der Waals surface area contributed by atoms with Crippen molar-refractivity contribution in [3.63, 3.8) is 0 Å². The van der Waals surface area contributed by atoms with Crippen LogP contribution in [0.15, 0.2) is 76.9 Å². The highest BCUT2D eigenvalue weighted by molar-refractivity contribution is 9.10. The zero-order chi connectivity index (χ0) is 20.5. The average Bonchev–Trinajstić information content (AvgIpc) is 3.15. The monoisotopic (exact) mass is 485 g/mol. The summed E-state index contributed by atoms with van der Waals surface area (Å²) in [6.45, 7) is 0. The van der Waals surface area contributed by atoms with Gasteiger partial charge in [-0.3, -0.25) is 19.8 Å². The fourth-order valence-corrected chi connectivity index (χ4v) is 3.80. The number of hydrogen-bond donors (Lipinski definition) is 1. The van der Waals surface area contributed by atoms with Gasteiger partial charge < -0.3 is 4.57 Å². The minimum Gasteiger partial charge on any atom is -0.317 e. The Morgan fingerprint density at radius 1 is 1.00 bits per heavy atom. The smallest absolute Gasteiger partial charge is 0.270 e. The van der Waals surface area contributed by atoms with E-state index in [0.717, 1.165) is 10.2 Å². The van der Waals surface area contributed by atoms with Gasteiger partial charge in [0.1, 0.15) is 5.57 Å². The predicted molar refractivity (Wildman–Crippen MR) is 121 cm³/mol. The molecule has 1 saturated heterocycles. The molecule has 0 atom stereocenters. The van der Waals surface area contributed by atoms with Gasteiger partial charge in [-0.05, 0) is 72.9 Å². The third-order valence-electron chi connectivity index (χ3n) is 4.35. The lowest BCUT2D eigenvalue weighted by atomic mass is 10.1. The topological polar surface area (TPSA) is 54.3 Å². The van der Waals surface area contributed by atoms with Crippen molar-refractivity contribution in [1.82, 2.24) is 9.88 Å². The third-order valence-corrected chi connectivity index (χ3v) is 5.38. The predicted octanol–water partition coefficient (Wildman–Crippen LogP) is 4.72. The van der Waals surface area contributed by atoms with Crippen molar-refractivity contribution in [2.75, 3.05) is 4.90 Å². The molecule has 2 amide bonds. The Morgan fingerprint density at radius 2 is 1.76 bits per heavy atom. The van der Waals surface area contributed by atoms with Crippen LogP contribution in [-0.2, 0) is 9.59 Å². The van der Waals surface area contributed by atoms with Gasteiger partial charge in [-0.15, -0.1) is 0 Å². The Hall–Kier alpha value is -2.74. The molecule has 0 bridgehead atoms. The number of carbonyl (C=O) groups is 2. The Kier molecular flexibility index (Phi) is 5.36. The molecule has 2 heterocycles. The lowest BCUT2D eigenvalue weighted by Crippen LogP contribution is -2.54. The van der Waals surface area contributed by atoms with Crippen molar-refractivity contribution in [2.24, 2.45) is 0 Å². The van der Waals surface area contributed by atoms with E-state index in [2.05, 4.69) is 21.2 Å². The molecule has 29 heavy (non-hydrogen) atoms. The first-order valence-corrected chi connectivity index (χ1v) is 10.1. The van der Waals surface area contributed by atoms with E-state index in [0.29, 0.717) is 16.4 Å². The van der Waals surface area contributed by atoms with Crippen LogP contribution in [0.1, 0.15) is 5.69 Å². The number of hydrogen-bond acceptors (Lipinski definition) is 3. The number of halogens is 2. The number of rotatable bonds is 3.